The Labute approximate surface area is 164 Å². The fourth-order valence-corrected chi connectivity index (χ4v) is 2.80. The lowest BCUT2D eigenvalue weighted by atomic mass is 10.1. The number of carbonyl (C=O) groups excluding carboxylic acids is 2. The topological polar surface area (TPSA) is 136 Å². The molecule has 1 aromatic heterocycles. The zero-order valence-electron chi connectivity index (χ0n) is 15.6. The highest BCUT2D eigenvalue weighted by Gasteiger charge is 2.14. The van der Waals surface area contributed by atoms with Crippen molar-refractivity contribution in [3.8, 4) is 0 Å². The summed E-state index contributed by atoms with van der Waals surface area (Å²) in [5.41, 5.74) is 1.81. The standard InChI is InChI=1S/C19H17N5O5/c1-11-3-5-15(12(2)7-11)21-19(27)22-17(25)9-23-10-20-16-6-4-13(24(28)29)8-14(16)18(23)26/h3-8,10H,9H2,1-2H3,(H2,21,22,25,27). The number of aromatic nitrogens is 2. The molecule has 2 aromatic carbocycles. The van der Waals surface area contributed by atoms with Gasteiger partial charge in [-0.15, -0.1) is 0 Å². The summed E-state index contributed by atoms with van der Waals surface area (Å²) in [7, 11) is 0. The van der Waals surface area contributed by atoms with Crippen LogP contribution < -0.4 is 16.2 Å². The Bertz CT molecular complexity index is 1200. The molecule has 10 nitrogen and oxygen atoms in total. The van der Waals surface area contributed by atoms with Gasteiger partial charge in [0.15, 0.2) is 0 Å². The summed E-state index contributed by atoms with van der Waals surface area (Å²) in [6, 6.07) is 8.39. The molecule has 3 amide bonds. The number of nitro benzene ring substituents is 1. The minimum atomic E-state index is -0.737. The molecule has 0 saturated carbocycles. The average Bonchev–Trinajstić information content (AvgIpc) is 2.66. The highest BCUT2D eigenvalue weighted by molar-refractivity contribution is 6.01. The molecular weight excluding hydrogens is 378 g/mol. The Balaban J connectivity index is 1.73. The van der Waals surface area contributed by atoms with Gasteiger partial charge in [0.05, 0.1) is 22.2 Å². The Kier molecular flexibility index (Phi) is 5.35. The first-order chi connectivity index (χ1) is 13.7. The number of amides is 3. The SMILES string of the molecule is Cc1ccc(NC(=O)NC(=O)Cn2cnc3ccc([N+](=O)[O-])cc3c2=O)c(C)c1. The van der Waals surface area contributed by atoms with Gasteiger partial charge >= 0.3 is 6.03 Å². The van der Waals surface area contributed by atoms with Crippen LogP contribution in [-0.4, -0.2) is 26.4 Å². The molecule has 10 heteroatoms. The third-order valence-corrected chi connectivity index (χ3v) is 4.22. The van der Waals surface area contributed by atoms with Gasteiger partial charge in [0.25, 0.3) is 11.2 Å². The molecular formula is C19H17N5O5. The van der Waals surface area contributed by atoms with Crippen molar-refractivity contribution >= 4 is 34.2 Å². The number of hydrogen-bond acceptors (Lipinski definition) is 6. The number of non-ortho nitro benzene ring substituents is 1. The third kappa shape index (κ3) is 4.43. The van der Waals surface area contributed by atoms with Gasteiger partial charge in [0.2, 0.25) is 5.91 Å². The van der Waals surface area contributed by atoms with E-state index in [9.17, 15) is 24.5 Å². The van der Waals surface area contributed by atoms with Crippen LogP contribution in [0.3, 0.4) is 0 Å². The first-order valence-corrected chi connectivity index (χ1v) is 8.56. The minimum Gasteiger partial charge on any atom is -0.307 e. The van der Waals surface area contributed by atoms with Crippen LogP contribution in [0, 0.1) is 24.0 Å². The van der Waals surface area contributed by atoms with Crippen molar-refractivity contribution in [1.82, 2.24) is 14.9 Å². The van der Waals surface area contributed by atoms with Crippen molar-refractivity contribution in [3.63, 3.8) is 0 Å². The molecule has 0 saturated heterocycles. The molecule has 0 atom stereocenters. The van der Waals surface area contributed by atoms with Crippen LogP contribution in [0.1, 0.15) is 11.1 Å². The lowest BCUT2D eigenvalue weighted by molar-refractivity contribution is -0.384. The molecule has 3 rings (SSSR count). The van der Waals surface area contributed by atoms with Gasteiger partial charge in [-0.25, -0.2) is 9.78 Å². The molecule has 3 aromatic rings. The van der Waals surface area contributed by atoms with Crippen molar-refractivity contribution in [1.29, 1.82) is 0 Å². The molecule has 0 radical (unpaired) electrons. The number of imide groups is 1. The van der Waals surface area contributed by atoms with Crippen LogP contribution in [0.2, 0.25) is 0 Å². The maximum Gasteiger partial charge on any atom is 0.325 e. The lowest BCUT2D eigenvalue weighted by Gasteiger charge is -2.10. The molecule has 148 valence electrons. The summed E-state index contributed by atoms with van der Waals surface area (Å²) in [4.78, 5) is 51.0. The first kappa shape index (κ1) is 19.7. The van der Waals surface area contributed by atoms with E-state index in [2.05, 4.69) is 15.6 Å². The van der Waals surface area contributed by atoms with Gasteiger partial charge in [-0.05, 0) is 31.5 Å². The second kappa shape index (κ2) is 7.89. The predicted molar refractivity (Wildman–Crippen MR) is 106 cm³/mol. The van der Waals surface area contributed by atoms with Crippen molar-refractivity contribution in [2.75, 3.05) is 5.32 Å². The summed E-state index contributed by atoms with van der Waals surface area (Å²) in [6.45, 7) is 3.28. The van der Waals surface area contributed by atoms with Crippen molar-refractivity contribution in [3.05, 3.63) is 74.3 Å². The highest BCUT2D eigenvalue weighted by Crippen LogP contribution is 2.17. The first-order valence-electron chi connectivity index (χ1n) is 8.56. The Morgan fingerprint density at radius 3 is 2.62 bits per heavy atom. The summed E-state index contributed by atoms with van der Waals surface area (Å²) in [5.74, 6) is -0.735. The maximum absolute atomic E-state index is 12.5. The number of nitrogens with zero attached hydrogens (tertiary/aromatic N) is 3. The molecule has 0 unspecified atom stereocenters. The van der Waals surface area contributed by atoms with Gasteiger partial charge in [-0.2, -0.15) is 0 Å². The Morgan fingerprint density at radius 2 is 1.93 bits per heavy atom. The summed E-state index contributed by atoms with van der Waals surface area (Å²) >= 11 is 0. The van der Waals surface area contributed by atoms with E-state index in [0.717, 1.165) is 28.1 Å². The molecule has 0 fully saturated rings. The molecule has 2 N–H and O–H groups in total. The molecule has 0 aliphatic rings. The molecule has 0 bridgehead atoms. The van der Waals surface area contributed by atoms with Gasteiger partial charge in [-0.1, -0.05) is 17.7 Å². The monoisotopic (exact) mass is 395 g/mol. The van der Waals surface area contributed by atoms with Crippen LogP contribution >= 0.6 is 0 Å². The van der Waals surface area contributed by atoms with Crippen molar-refractivity contribution in [2.45, 2.75) is 20.4 Å². The minimum absolute atomic E-state index is 0.00855. The summed E-state index contributed by atoms with van der Waals surface area (Å²) < 4.78 is 0.978. The van der Waals surface area contributed by atoms with E-state index >= 15 is 0 Å². The van der Waals surface area contributed by atoms with E-state index in [1.807, 2.05) is 26.0 Å². The fourth-order valence-electron chi connectivity index (χ4n) is 2.80. The fraction of sp³-hybridized carbons (Fsp3) is 0.158. The van der Waals surface area contributed by atoms with E-state index in [1.54, 1.807) is 6.07 Å². The number of nitro groups is 1. The molecule has 29 heavy (non-hydrogen) atoms. The van der Waals surface area contributed by atoms with Gasteiger partial charge in [0.1, 0.15) is 6.54 Å². The van der Waals surface area contributed by atoms with Gasteiger partial charge in [0, 0.05) is 17.8 Å². The van der Waals surface area contributed by atoms with E-state index in [0.29, 0.717) is 5.69 Å². The van der Waals surface area contributed by atoms with Gasteiger partial charge < -0.3 is 5.32 Å². The number of nitrogens with one attached hydrogen (secondary N) is 2. The number of carbonyl (C=O) groups is 2. The Morgan fingerprint density at radius 1 is 1.17 bits per heavy atom. The average molecular weight is 395 g/mol. The highest BCUT2D eigenvalue weighted by atomic mass is 16.6. The van der Waals surface area contributed by atoms with Crippen LogP contribution in [0.4, 0.5) is 16.2 Å². The van der Waals surface area contributed by atoms with Crippen LogP contribution in [-0.2, 0) is 11.3 Å². The Hall–Kier alpha value is -4.08. The third-order valence-electron chi connectivity index (χ3n) is 4.22. The largest absolute Gasteiger partial charge is 0.325 e. The lowest BCUT2D eigenvalue weighted by Crippen LogP contribution is -2.38. The molecule has 0 spiro atoms. The predicted octanol–water partition coefficient (Wildman–Crippen LogP) is 2.27. The second-order valence-electron chi connectivity index (χ2n) is 6.46. The smallest absolute Gasteiger partial charge is 0.307 e. The van der Waals surface area contributed by atoms with E-state index < -0.39 is 29.0 Å². The van der Waals surface area contributed by atoms with Gasteiger partial charge in [-0.3, -0.25) is 29.6 Å². The van der Waals surface area contributed by atoms with Crippen LogP contribution in [0.5, 0.6) is 0 Å². The molecule has 1 heterocycles. The zero-order chi connectivity index (χ0) is 21.1. The molecule has 0 aliphatic heterocycles. The normalized spacial score (nSPS) is 10.6. The van der Waals surface area contributed by atoms with Crippen LogP contribution in [0.15, 0.2) is 47.5 Å². The summed E-state index contributed by atoms with van der Waals surface area (Å²) in [5, 5.41) is 15.6. The number of rotatable bonds is 4. The van der Waals surface area contributed by atoms with Crippen molar-refractivity contribution < 1.29 is 14.5 Å². The number of aryl methyl sites for hydroxylation is 2. The number of anilines is 1. The van der Waals surface area contributed by atoms with E-state index in [1.165, 1.54) is 12.1 Å². The van der Waals surface area contributed by atoms with Crippen molar-refractivity contribution in [2.24, 2.45) is 0 Å². The van der Waals surface area contributed by atoms with E-state index in [4.69, 9.17) is 0 Å². The number of hydrogen-bond donors (Lipinski definition) is 2. The summed E-state index contributed by atoms with van der Waals surface area (Å²) in [6.07, 6.45) is 1.15. The molecule has 0 aliphatic carbocycles. The van der Waals surface area contributed by atoms with Crippen LogP contribution in [0.25, 0.3) is 10.9 Å². The number of benzene rings is 2. The maximum atomic E-state index is 12.5. The zero-order valence-corrected chi connectivity index (χ0v) is 15.6. The quantitative estimate of drug-likeness (QED) is 0.514. The number of urea groups is 1. The second-order valence-corrected chi connectivity index (χ2v) is 6.46. The van der Waals surface area contributed by atoms with E-state index in [-0.39, 0.29) is 16.6 Å². The number of fused-ring (bicyclic) bond motifs is 1.